The van der Waals surface area contributed by atoms with Crippen molar-refractivity contribution in [2.75, 3.05) is 18.8 Å². The highest BCUT2D eigenvalue weighted by molar-refractivity contribution is 7.89. The molecule has 0 saturated carbocycles. The largest absolute Gasteiger partial charge is 0.381 e. The number of hydrogen-bond acceptors (Lipinski definition) is 4. The number of rotatable bonds is 4. The maximum atomic E-state index is 12.3. The van der Waals surface area contributed by atoms with Gasteiger partial charge in [0.05, 0.1) is 0 Å². The molecule has 0 aromatic carbocycles. The molecule has 0 aliphatic carbocycles. The van der Waals surface area contributed by atoms with E-state index in [1.165, 1.54) is 10.5 Å². The van der Waals surface area contributed by atoms with Gasteiger partial charge >= 0.3 is 0 Å². The molecule has 0 atom stereocenters. The molecule has 0 radical (unpaired) electrons. The van der Waals surface area contributed by atoms with Crippen LogP contribution in [0.25, 0.3) is 0 Å². The maximum absolute atomic E-state index is 12.3. The zero-order chi connectivity index (χ0) is 12.5. The average molecular weight is 258 g/mol. The summed E-state index contributed by atoms with van der Waals surface area (Å²) in [4.78, 5) is 0.146. The lowest BCUT2D eigenvalue weighted by molar-refractivity contribution is 0.477. The van der Waals surface area contributed by atoms with E-state index in [2.05, 4.69) is 5.10 Å². The van der Waals surface area contributed by atoms with Crippen LogP contribution < -0.4 is 5.73 Å². The van der Waals surface area contributed by atoms with E-state index in [0.717, 1.165) is 19.3 Å². The van der Waals surface area contributed by atoms with Crippen molar-refractivity contribution in [3.8, 4) is 0 Å². The van der Waals surface area contributed by atoms with E-state index in [9.17, 15) is 8.42 Å². The van der Waals surface area contributed by atoms with Crippen molar-refractivity contribution in [1.29, 1.82) is 0 Å². The summed E-state index contributed by atoms with van der Waals surface area (Å²) in [6.45, 7) is 3.85. The van der Waals surface area contributed by atoms with E-state index in [1.807, 2.05) is 6.92 Å². The predicted octanol–water partition coefficient (Wildman–Crippen LogP) is 0.660. The molecule has 1 aromatic rings. The molecule has 0 unspecified atom stereocenters. The molecule has 7 heteroatoms. The summed E-state index contributed by atoms with van der Waals surface area (Å²) in [5, 5.41) is 4.03. The Morgan fingerprint density at radius 2 is 2.06 bits per heavy atom. The van der Waals surface area contributed by atoms with Crippen LogP contribution >= 0.6 is 0 Å². The highest BCUT2D eigenvalue weighted by Crippen LogP contribution is 2.24. The van der Waals surface area contributed by atoms with Gasteiger partial charge in [0.1, 0.15) is 4.90 Å². The molecule has 0 amide bonds. The van der Waals surface area contributed by atoms with Gasteiger partial charge in [0.25, 0.3) is 0 Å². The molecule has 6 nitrogen and oxygen atoms in total. The molecule has 1 aromatic heterocycles. The van der Waals surface area contributed by atoms with Crippen LogP contribution in [0, 0.1) is 0 Å². The van der Waals surface area contributed by atoms with Crippen molar-refractivity contribution in [3.63, 3.8) is 0 Å². The van der Waals surface area contributed by atoms with Gasteiger partial charge < -0.3 is 5.73 Å². The van der Waals surface area contributed by atoms with Crippen LogP contribution in [-0.2, 0) is 16.6 Å². The highest BCUT2D eigenvalue weighted by Gasteiger charge is 2.30. The minimum absolute atomic E-state index is 0.102. The lowest BCUT2D eigenvalue weighted by atomic mass is 10.4. The first-order chi connectivity index (χ1) is 8.05. The Labute approximate surface area is 101 Å². The molecule has 1 aliphatic heterocycles. The van der Waals surface area contributed by atoms with E-state index >= 15 is 0 Å². The molecule has 1 saturated heterocycles. The van der Waals surface area contributed by atoms with Gasteiger partial charge in [-0.1, -0.05) is 6.92 Å². The summed E-state index contributed by atoms with van der Waals surface area (Å²) in [7, 11) is -3.44. The Kier molecular flexibility index (Phi) is 3.39. The fraction of sp³-hybridized carbons (Fsp3) is 0.700. The third-order valence-corrected chi connectivity index (χ3v) is 4.81. The quantitative estimate of drug-likeness (QED) is 0.860. The van der Waals surface area contributed by atoms with Crippen molar-refractivity contribution < 1.29 is 8.42 Å². The normalized spacial score (nSPS) is 17.7. The van der Waals surface area contributed by atoms with E-state index in [4.69, 9.17) is 5.73 Å². The van der Waals surface area contributed by atoms with Crippen LogP contribution in [-0.4, -0.2) is 35.6 Å². The van der Waals surface area contributed by atoms with Crippen molar-refractivity contribution in [2.24, 2.45) is 0 Å². The van der Waals surface area contributed by atoms with Gasteiger partial charge in [-0.05, 0) is 19.3 Å². The molecule has 2 rings (SSSR count). The van der Waals surface area contributed by atoms with Crippen molar-refractivity contribution in [2.45, 2.75) is 37.6 Å². The Balaban J connectivity index is 2.32. The first kappa shape index (κ1) is 12.4. The average Bonchev–Trinajstić information content (AvgIpc) is 2.88. The molecule has 1 aliphatic rings. The zero-order valence-corrected chi connectivity index (χ0v) is 10.8. The van der Waals surface area contributed by atoms with E-state index in [0.29, 0.717) is 19.6 Å². The zero-order valence-electron chi connectivity index (χ0n) is 9.96. The number of nitrogen functional groups attached to an aromatic ring is 1. The summed E-state index contributed by atoms with van der Waals surface area (Å²) < 4.78 is 27.6. The SMILES string of the molecule is CCCn1cc(S(=O)(=O)N2CCCC2)c(N)n1. The van der Waals surface area contributed by atoms with Crippen LogP contribution in [0.1, 0.15) is 26.2 Å². The van der Waals surface area contributed by atoms with Crippen LogP contribution in [0.15, 0.2) is 11.1 Å². The Morgan fingerprint density at radius 3 is 2.65 bits per heavy atom. The van der Waals surface area contributed by atoms with Crippen molar-refractivity contribution >= 4 is 15.8 Å². The third kappa shape index (κ3) is 2.30. The minimum atomic E-state index is -3.44. The molecule has 1 fully saturated rings. The predicted molar refractivity (Wildman–Crippen MR) is 64.9 cm³/mol. The van der Waals surface area contributed by atoms with Gasteiger partial charge in [-0.15, -0.1) is 0 Å². The number of nitrogens with two attached hydrogens (primary N) is 1. The number of aromatic nitrogens is 2. The van der Waals surface area contributed by atoms with Gasteiger partial charge in [0.15, 0.2) is 5.82 Å². The second-order valence-corrected chi connectivity index (χ2v) is 6.16. The van der Waals surface area contributed by atoms with Crippen LogP contribution in [0.2, 0.25) is 0 Å². The van der Waals surface area contributed by atoms with E-state index < -0.39 is 10.0 Å². The standard InChI is InChI=1S/C10H18N4O2S/c1-2-5-13-8-9(10(11)12-13)17(15,16)14-6-3-4-7-14/h8H,2-7H2,1H3,(H2,11,12). The molecular formula is C10H18N4O2S. The van der Waals surface area contributed by atoms with Gasteiger partial charge in [-0.3, -0.25) is 4.68 Å². The van der Waals surface area contributed by atoms with E-state index in [1.54, 1.807) is 4.68 Å². The van der Waals surface area contributed by atoms with Crippen LogP contribution in [0.3, 0.4) is 0 Å². The van der Waals surface area contributed by atoms with Crippen molar-refractivity contribution in [1.82, 2.24) is 14.1 Å². The topological polar surface area (TPSA) is 81.2 Å². The molecule has 2 N–H and O–H groups in total. The fourth-order valence-electron chi connectivity index (χ4n) is 2.03. The fourth-order valence-corrected chi connectivity index (χ4v) is 3.61. The second-order valence-electron chi connectivity index (χ2n) is 4.25. The lowest BCUT2D eigenvalue weighted by Crippen LogP contribution is -2.28. The number of sulfonamides is 1. The molecule has 96 valence electrons. The third-order valence-electron chi connectivity index (χ3n) is 2.89. The van der Waals surface area contributed by atoms with Gasteiger partial charge in [-0.25, -0.2) is 8.42 Å². The summed E-state index contributed by atoms with van der Waals surface area (Å²) in [5.41, 5.74) is 5.69. The van der Waals surface area contributed by atoms with Crippen LogP contribution in [0.5, 0.6) is 0 Å². The number of aryl methyl sites for hydroxylation is 1. The second kappa shape index (κ2) is 4.66. The van der Waals surface area contributed by atoms with Crippen molar-refractivity contribution in [3.05, 3.63) is 6.20 Å². The maximum Gasteiger partial charge on any atom is 0.248 e. The van der Waals surface area contributed by atoms with Crippen LogP contribution in [0.4, 0.5) is 5.82 Å². The monoisotopic (exact) mass is 258 g/mol. The van der Waals surface area contributed by atoms with Gasteiger partial charge in [0.2, 0.25) is 10.0 Å². The van der Waals surface area contributed by atoms with E-state index in [-0.39, 0.29) is 10.7 Å². The lowest BCUT2D eigenvalue weighted by Gasteiger charge is -2.13. The Hall–Kier alpha value is -1.08. The number of anilines is 1. The highest BCUT2D eigenvalue weighted by atomic mass is 32.2. The summed E-state index contributed by atoms with van der Waals surface area (Å²) >= 11 is 0. The summed E-state index contributed by atoms with van der Waals surface area (Å²) in [6.07, 6.45) is 4.27. The Morgan fingerprint density at radius 1 is 1.41 bits per heavy atom. The number of hydrogen-bond donors (Lipinski definition) is 1. The first-order valence-electron chi connectivity index (χ1n) is 5.88. The summed E-state index contributed by atoms with van der Waals surface area (Å²) in [5.74, 6) is 0.102. The van der Waals surface area contributed by atoms with Gasteiger partial charge in [0, 0.05) is 25.8 Å². The molecular weight excluding hydrogens is 240 g/mol. The smallest absolute Gasteiger partial charge is 0.248 e. The molecule has 0 bridgehead atoms. The first-order valence-corrected chi connectivity index (χ1v) is 7.33. The Bertz CT molecular complexity index is 488. The molecule has 17 heavy (non-hydrogen) atoms. The minimum Gasteiger partial charge on any atom is -0.381 e. The summed E-state index contributed by atoms with van der Waals surface area (Å²) in [6, 6.07) is 0. The molecule has 2 heterocycles. The van der Waals surface area contributed by atoms with Gasteiger partial charge in [-0.2, -0.15) is 9.40 Å². The molecule has 0 spiro atoms. The number of nitrogens with zero attached hydrogens (tertiary/aromatic N) is 3.